The van der Waals surface area contributed by atoms with E-state index in [1.165, 1.54) is 53.1 Å². The van der Waals surface area contributed by atoms with Crippen LogP contribution in [0.3, 0.4) is 0 Å². The van der Waals surface area contributed by atoms with E-state index in [-0.39, 0.29) is 16.1 Å². The molecule has 9 heteroatoms. The molecule has 0 aliphatic heterocycles. The first-order valence-corrected chi connectivity index (χ1v) is 11.7. The maximum Gasteiger partial charge on any atom is 0.263 e. The van der Waals surface area contributed by atoms with E-state index in [9.17, 15) is 22.4 Å². The summed E-state index contributed by atoms with van der Waals surface area (Å²) in [5.41, 5.74) is 0.844. The van der Waals surface area contributed by atoms with Crippen molar-refractivity contribution in [3.8, 4) is 0 Å². The molecule has 0 atom stereocenters. The maximum atomic E-state index is 13.3. The van der Waals surface area contributed by atoms with Gasteiger partial charge in [0.2, 0.25) is 0 Å². The van der Waals surface area contributed by atoms with Gasteiger partial charge in [-0.3, -0.25) is 14.3 Å². The molecule has 1 heterocycles. The van der Waals surface area contributed by atoms with Gasteiger partial charge in [-0.05, 0) is 60.2 Å². The molecule has 0 radical (unpaired) electrons. The Morgan fingerprint density at radius 3 is 2.29 bits per heavy atom. The third-order valence-electron chi connectivity index (χ3n) is 4.96. The van der Waals surface area contributed by atoms with Crippen molar-refractivity contribution < 1.29 is 17.6 Å². The third kappa shape index (κ3) is 5.38. The molecule has 0 unspecified atom stereocenters. The van der Waals surface area contributed by atoms with Crippen LogP contribution in [-0.4, -0.2) is 18.9 Å². The van der Waals surface area contributed by atoms with Crippen molar-refractivity contribution in [1.29, 1.82) is 0 Å². The number of nitrogens with zero attached hydrogens (tertiary/aromatic N) is 1. The Labute approximate surface area is 195 Å². The molecule has 0 saturated carbocycles. The normalized spacial score (nSPS) is 11.1. The smallest absolute Gasteiger partial charge is 0.263 e. The fraction of sp³-hybridized carbons (Fsp3) is 0.0400. The molecule has 0 bridgehead atoms. The number of benzene rings is 3. The van der Waals surface area contributed by atoms with E-state index in [4.69, 9.17) is 0 Å². The molecule has 1 amide bonds. The maximum absolute atomic E-state index is 13.3. The number of halogens is 1. The molecule has 0 spiro atoms. The van der Waals surface area contributed by atoms with Gasteiger partial charge in [0.25, 0.3) is 21.5 Å². The quantitative estimate of drug-likeness (QED) is 0.419. The molecule has 172 valence electrons. The highest BCUT2D eigenvalue weighted by molar-refractivity contribution is 7.92. The number of aromatic nitrogens is 1. The minimum atomic E-state index is -3.95. The number of hydrogen-bond acceptors (Lipinski definition) is 4. The summed E-state index contributed by atoms with van der Waals surface area (Å²) < 4.78 is 42.1. The summed E-state index contributed by atoms with van der Waals surface area (Å²) in [5.74, 6) is -1.18. The van der Waals surface area contributed by atoms with Gasteiger partial charge in [-0.25, -0.2) is 12.8 Å². The Morgan fingerprint density at radius 1 is 0.853 bits per heavy atom. The van der Waals surface area contributed by atoms with E-state index < -0.39 is 27.3 Å². The predicted molar refractivity (Wildman–Crippen MR) is 128 cm³/mol. The van der Waals surface area contributed by atoms with Crippen molar-refractivity contribution in [3.05, 3.63) is 124 Å². The molecule has 1 aromatic heterocycles. The molecule has 4 rings (SSSR count). The minimum Gasteiger partial charge on any atom is -0.322 e. The Balaban J connectivity index is 1.48. The van der Waals surface area contributed by atoms with Gasteiger partial charge in [0.1, 0.15) is 11.4 Å². The van der Waals surface area contributed by atoms with E-state index in [0.717, 1.165) is 11.6 Å². The lowest BCUT2D eigenvalue weighted by Crippen LogP contribution is -2.29. The number of sulfonamides is 1. The molecule has 0 aliphatic rings. The number of pyridine rings is 1. The summed E-state index contributed by atoms with van der Waals surface area (Å²) >= 11 is 0. The number of amides is 1. The third-order valence-corrected chi connectivity index (χ3v) is 6.36. The van der Waals surface area contributed by atoms with E-state index in [2.05, 4.69) is 10.0 Å². The second kappa shape index (κ2) is 9.72. The molecule has 4 aromatic rings. The number of carbonyl (C=O) groups is 1. The second-order valence-corrected chi connectivity index (χ2v) is 9.12. The van der Waals surface area contributed by atoms with Gasteiger partial charge >= 0.3 is 0 Å². The van der Waals surface area contributed by atoms with Gasteiger partial charge in [-0.15, -0.1) is 0 Å². The molecule has 0 fully saturated rings. The van der Waals surface area contributed by atoms with E-state index >= 15 is 0 Å². The number of rotatable bonds is 7. The molecule has 34 heavy (non-hydrogen) atoms. The Hall–Kier alpha value is -4.24. The summed E-state index contributed by atoms with van der Waals surface area (Å²) in [6, 6.07) is 23.0. The number of nitrogens with one attached hydrogen (secondary N) is 2. The molecular formula is C25H20FN3O4S. The van der Waals surface area contributed by atoms with Crippen molar-refractivity contribution in [1.82, 2.24) is 4.57 Å². The molecular weight excluding hydrogens is 457 g/mol. The highest BCUT2D eigenvalue weighted by Crippen LogP contribution is 2.19. The molecule has 7 nitrogen and oxygen atoms in total. The summed E-state index contributed by atoms with van der Waals surface area (Å²) in [4.78, 5) is 25.4. The van der Waals surface area contributed by atoms with Crippen molar-refractivity contribution in [3.63, 3.8) is 0 Å². The topological polar surface area (TPSA) is 97.3 Å². The van der Waals surface area contributed by atoms with Crippen LogP contribution in [0.2, 0.25) is 0 Å². The van der Waals surface area contributed by atoms with Crippen LogP contribution in [-0.2, 0) is 16.6 Å². The Morgan fingerprint density at radius 2 is 1.59 bits per heavy atom. The van der Waals surface area contributed by atoms with Gasteiger partial charge in [0, 0.05) is 11.9 Å². The molecule has 0 saturated heterocycles. The van der Waals surface area contributed by atoms with Gasteiger partial charge in [0.05, 0.1) is 17.1 Å². The lowest BCUT2D eigenvalue weighted by molar-refractivity contribution is 0.102. The monoisotopic (exact) mass is 477 g/mol. The summed E-state index contributed by atoms with van der Waals surface area (Å²) in [6.07, 6.45) is 1.61. The van der Waals surface area contributed by atoms with Crippen molar-refractivity contribution in [2.24, 2.45) is 0 Å². The van der Waals surface area contributed by atoms with Crippen LogP contribution in [0.25, 0.3) is 0 Å². The van der Waals surface area contributed by atoms with Crippen LogP contribution in [0, 0.1) is 5.82 Å². The predicted octanol–water partition coefficient (Wildman–Crippen LogP) is 4.09. The Bertz CT molecular complexity index is 1480. The van der Waals surface area contributed by atoms with E-state index in [1.807, 2.05) is 30.3 Å². The SMILES string of the molecule is O=C(Nc1ccc(S(=O)(=O)Nc2cccc(F)c2)cc1)c1cccn(Cc2ccccc2)c1=O. The lowest BCUT2D eigenvalue weighted by atomic mass is 10.2. The fourth-order valence-corrected chi connectivity index (χ4v) is 4.35. The average Bonchev–Trinajstić information content (AvgIpc) is 2.81. The number of anilines is 2. The largest absolute Gasteiger partial charge is 0.322 e. The highest BCUT2D eigenvalue weighted by Gasteiger charge is 2.16. The molecule has 2 N–H and O–H groups in total. The Kier molecular flexibility index (Phi) is 6.55. The fourth-order valence-electron chi connectivity index (χ4n) is 3.30. The highest BCUT2D eigenvalue weighted by atomic mass is 32.2. The van der Waals surface area contributed by atoms with Crippen LogP contribution in [0.4, 0.5) is 15.8 Å². The van der Waals surface area contributed by atoms with Gasteiger partial charge < -0.3 is 9.88 Å². The van der Waals surface area contributed by atoms with Crippen LogP contribution < -0.4 is 15.6 Å². The lowest BCUT2D eigenvalue weighted by Gasteiger charge is -2.10. The van der Waals surface area contributed by atoms with E-state index in [0.29, 0.717) is 12.2 Å². The summed E-state index contributed by atoms with van der Waals surface area (Å²) in [5, 5.41) is 2.61. The van der Waals surface area contributed by atoms with Crippen LogP contribution in [0.1, 0.15) is 15.9 Å². The average molecular weight is 478 g/mol. The van der Waals surface area contributed by atoms with Crippen molar-refractivity contribution in [2.45, 2.75) is 11.4 Å². The van der Waals surface area contributed by atoms with E-state index in [1.54, 1.807) is 12.3 Å². The summed E-state index contributed by atoms with van der Waals surface area (Å²) in [6.45, 7) is 0.325. The van der Waals surface area contributed by atoms with Crippen LogP contribution >= 0.6 is 0 Å². The zero-order valence-electron chi connectivity index (χ0n) is 17.8. The molecule has 0 aliphatic carbocycles. The van der Waals surface area contributed by atoms with Crippen molar-refractivity contribution >= 4 is 27.3 Å². The minimum absolute atomic E-state index is 0.0390. The molecule has 3 aromatic carbocycles. The van der Waals surface area contributed by atoms with Gasteiger partial charge in [-0.2, -0.15) is 0 Å². The van der Waals surface area contributed by atoms with Gasteiger partial charge in [0.15, 0.2) is 0 Å². The summed E-state index contributed by atoms with van der Waals surface area (Å²) in [7, 11) is -3.95. The standard InChI is InChI=1S/C25H20FN3O4S/c26-19-8-4-9-21(16-19)28-34(32,33)22-13-11-20(12-14-22)27-24(30)23-10-5-15-29(25(23)31)17-18-6-2-1-3-7-18/h1-16,28H,17H2,(H,27,30). The first kappa shape index (κ1) is 22.9. The number of hydrogen-bond donors (Lipinski definition) is 2. The first-order chi connectivity index (χ1) is 16.3. The number of carbonyl (C=O) groups excluding carboxylic acids is 1. The van der Waals surface area contributed by atoms with Crippen LogP contribution in [0.15, 0.2) is 107 Å². The van der Waals surface area contributed by atoms with Crippen LogP contribution in [0.5, 0.6) is 0 Å². The second-order valence-electron chi connectivity index (χ2n) is 7.43. The zero-order valence-corrected chi connectivity index (χ0v) is 18.6. The van der Waals surface area contributed by atoms with Crippen molar-refractivity contribution in [2.75, 3.05) is 10.0 Å². The first-order valence-electron chi connectivity index (χ1n) is 10.2. The zero-order chi connectivity index (χ0) is 24.1. The van der Waals surface area contributed by atoms with Gasteiger partial charge in [-0.1, -0.05) is 36.4 Å².